The molecule has 0 bridgehead atoms. The van der Waals surface area contributed by atoms with Gasteiger partial charge < -0.3 is 15.4 Å². The van der Waals surface area contributed by atoms with Gasteiger partial charge in [0, 0.05) is 24.8 Å². The van der Waals surface area contributed by atoms with Gasteiger partial charge in [-0.1, -0.05) is 32.3 Å². The zero-order valence-electron chi connectivity index (χ0n) is 13.5. The Labute approximate surface area is 128 Å². The number of ether oxygens (including phenoxy) is 1. The van der Waals surface area contributed by atoms with E-state index in [0.717, 1.165) is 24.6 Å². The molecule has 0 radical (unpaired) electrons. The molecule has 0 saturated heterocycles. The number of nitrogens with one attached hydrogen (secondary N) is 2. The highest BCUT2D eigenvalue weighted by Gasteiger charge is 2.03. The Morgan fingerprint density at radius 2 is 2.10 bits per heavy atom. The van der Waals surface area contributed by atoms with Gasteiger partial charge in [0.1, 0.15) is 0 Å². The minimum absolute atomic E-state index is 0.557. The Morgan fingerprint density at radius 1 is 1.24 bits per heavy atom. The molecular formula is C16H28N4O. The minimum Gasteiger partial charge on any atom is -0.481 e. The van der Waals surface area contributed by atoms with Gasteiger partial charge in [0.25, 0.3) is 0 Å². The quantitative estimate of drug-likeness (QED) is 0.417. The van der Waals surface area contributed by atoms with E-state index in [4.69, 9.17) is 4.74 Å². The Hall–Kier alpha value is -1.78. The third-order valence-corrected chi connectivity index (χ3v) is 3.12. The van der Waals surface area contributed by atoms with Crippen molar-refractivity contribution in [2.75, 3.05) is 20.2 Å². The van der Waals surface area contributed by atoms with Gasteiger partial charge in [0.2, 0.25) is 5.88 Å². The summed E-state index contributed by atoms with van der Waals surface area (Å²) in [6.07, 6.45) is 6.72. The molecular weight excluding hydrogens is 264 g/mol. The van der Waals surface area contributed by atoms with Crippen LogP contribution in [0.3, 0.4) is 0 Å². The second-order valence-electron chi connectivity index (χ2n) is 4.85. The maximum absolute atomic E-state index is 5.24. The summed E-state index contributed by atoms with van der Waals surface area (Å²) >= 11 is 0. The molecule has 0 amide bonds. The molecule has 1 heterocycles. The summed E-state index contributed by atoms with van der Waals surface area (Å²) in [4.78, 5) is 8.77. The molecule has 1 aromatic heterocycles. The predicted molar refractivity (Wildman–Crippen MR) is 87.7 cm³/mol. The monoisotopic (exact) mass is 292 g/mol. The van der Waals surface area contributed by atoms with Crippen LogP contribution in [-0.2, 0) is 6.54 Å². The molecule has 0 atom stereocenters. The molecule has 0 aliphatic heterocycles. The van der Waals surface area contributed by atoms with Gasteiger partial charge in [-0.2, -0.15) is 0 Å². The number of methoxy groups -OCH3 is 1. The lowest BCUT2D eigenvalue weighted by Gasteiger charge is -2.11. The number of aliphatic imine (C=N–C) groups is 1. The lowest BCUT2D eigenvalue weighted by Crippen LogP contribution is -2.37. The first-order valence-corrected chi connectivity index (χ1v) is 7.81. The molecule has 5 heteroatoms. The number of nitrogens with zero attached hydrogens (tertiary/aromatic N) is 2. The van der Waals surface area contributed by atoms with Gasteiger partial charge in [-0.05, 0) is 19.4 Å². The summed E-state index contributed by atoms with van der Waals surface area (Å²) in [6.45, 7) is 6.65. The molecule has 0 aromatic carbocycles. The number of rotatable bonds is 9. The van der Waals surface area contributed by atoms with E-state index >= 15 is 0 Å². The summed E-state index contributed by atoms with van der Waals surface area (Å²) in [6, 6.07) is 3.89. The summed E-state index contributed by atoms with van der Waals surface area (Å²) < 4.78 is 5.24. The highest BCUT2D eigenvalue weighted by molar-refractivity contribution is 5.79. The normalized spacial score (nSPS) is 11.3. The van der Waals surface area contributed by atoms with E-state index in [-0.39, 0.29) is 0 Å². The molecule has 21 heavy (non-hydrogen) atoms. The Balaban J connectivity index is 2.50. The van der Waals surface area contributed by atoms with E-state index < -0.39 is 0 Å². The van der Waals surface area contributed by atoms with Crippen LogP contribution in [0, 0.1) is 0 Å². The highest BCUT2D eigenvalue weighted by atomic mass is 16.5. The molecule has 1 aromatic rings. The van der Waals surface area contributed by atoms with Crippen molar-refractivity contribution in [1.29, 1.82) is 0 Å². The molecule has 0 spiro atoms. The first-order valence-electron chi connectivity index (χ1n) is 7.81. The van der Waals surface area contributed by atoms with Crippen LogP contribution in [0.5, 0.6) is 5.88 Å². The highest BCUT2D eigenvalue weighted by Crippen LogP contribution is 2.14. The third-order valence-electron chi connectivity index (χ3n) is 3.12. The zero-order valence-corrected chi connectivity index (χ0v) is 13.5. The van der Waals surface area contributed by atoms with Crippen molar-refractivity contribution in [2.24, 2.45) is 4.99 Å². The molecule has 0 saturated carbocycles. The van der Waals surface area contributed by atoms with Crippen LogP contribution in [0.1, 0.15) is 45.1 Å². The van der Waals surface area contributed by atoms with Crippen LogP contribution < -0.4 is 15.4 Å². The first-order chi connectivity index (χ1) is 10.3. The fourth-order valence-corrected chi connectivity index (χ4v) is 1.99. The second-order valence-corrected chi connectivity index (χ2v) is 4.85. The van der Waals surface area contributed by atoms with E-state index in [1.165, 1.54) is 25.7 Å². The Bertz CT molecular complexity index is 420. The van der Waals surface area contributed by atoms with Crippen molar-refractivity contribution < 1.29 is 4.74 Å². The van der Waals surface area contributed by atoms with Crippen LogP contribution in [-0.4, -0.2) is 31.1 Å². The molecule has 118 valence electrons. The lowest BCUT2D eigenvalue weighted by molar-refractivity contribution is 0.392. The SMILES string of the molecule is CCCCCCNC(=NCc1cccnc1OC)NCC. The minimum atomic E-state index is 0.557. The summed E-state index contributed by atoms with van der Waals surface area (Å²) in [5.41, 5.74) is 0.989. The fraction of sp³-hybridized carbons (Fsp3) is 0.625. The summed E-state index contributed by atoms with van der Waals surface area (Å²) in [5.74, 6) is 1.49. The average Bonchev–Trinajstić information content (AvgIpc) is 2.52. The summed E-state index contributed by atoms with van der Waals surface area (Å²) in [7, 11) is 1.63. The molecule has 5 nitrogen and oxygen atoms in total. The van der Waals surface area contributed by atoms with Gasteiger partial charge in [-0.15, -0.1) is 0 Å². The molecule has 0 aliphatic rings. The maximum Gasteiger partial charge on any atom is 0.218 e. The van der Waals surface area contributed by atoms with Gasteiger partial charge in [-0.25, -0.2) is 9.98 Å². The lowest BCUT2D eigenvalue weighted by atomic mass is 10.2. The van der Waals surface area contributed by atoms with Crippen molar-refractivity contribution in [3.8, 4) is 5.88 Å². The van der Waals surface area contributed by atoms with Crippen LogP contribution in [0.2, 0.25) is 0 Å². The standard InChI is InChI=1S/C16H28N4O/c1-4-6-7-8-11-19-16(17-5-2)20-13-14-10-9-12-18-15(14)21-3/h9-10,12H,4-8,11,13H2,1-3H3,(H2,17,19,20). The van der Waals surface area contributed by atoms with Gasteiger partial charge in [0.15, 0.2) is 5.96 Å². The van der Waals surface area contributed by atoms with Crippen molar-refractivity contribution in [3.63, 3.8) is 0 Å². The number of pyridine rings is 1. The molecule has 0 fully saturated rings. The first kappa shape index (κ1) is 17.3. The van der Waals surface area contributed by atoms with Crippen molar-refractivity contribution >= 4 is 5.96 Å². The van der Waals surface area contributed by atoms with Gasteiger partial charge >= 0.3 is 0 Å². The van der Waals surface area contributed by atoms with Crippen LogP contribution in [0.4, 0.5) is 0 Å². The number of aromatic nitrogens is 1. The largest absolute Gasteiger partial charge is 0.481 e. The number of hydrogen-bond donors (Lipinski definition) is 2. The molecule has 0 unspecified atom stereocenters. The van der Waals surface area contributed by atoms with Crippen LogP contribution in [0.25, 0.3) is 0 Å². The second kappa shape index (κ2) is 10.9. The zero-order chi connectivity index (χ0) is 15.3. The topological polar surface area (TPSA) is 58.5 Å². The molecule has 1 rings (SSSR count). The maximum atomic E-state index is 5.24. The van der Waals surface area contributed by atoms with Gasteiger partial charge in [-0.3, -0.25) is 0 Å². The average molecular weight is 292 g/mol. The van der Waals surface area contributed by atoms with Crippen molar-refractivity contribution in [2.45, 2.75) is 46.1 Å². The van der Waals surface area contributed by atoms with Crippen LogP contribution >= 0.6 is 0 Å². The fourth-order valence-electron chi connectivity index (χ4n) is 1.99. The van der Waals surface area contributed by atoms with E-state index in [0.29, 0.717) is 12.4 Å². The summed E-state index contributed by atoms with van der Waals surface area (Å²) in [5, 5.41) is 6.62. The Kier molecular flexibility index (Phi) is 9.00. The number of guanidine groups is 1. The van der Waals surface area contributed by atoms with Gasteiger partial charge in [0.05, 0.1) is 13.7 Å². The Morgan fingerprint density at radius 3 is 2.81 bits per heavy atom. The van der Waals surface area contributed by atoms with E-state index in [2.05, 4.69) is 34.5 Å². The van der Waals surface area contributed by atoms with E-state index in [1.54, 1.807) is 13.3 Å². The van der Waals surface area contributed by atoms with Crippen molar-refractivity contribution in [3.05, 3.63) is 23.9 Å². The molecule has 2 N–H and O–H groups in total. The predicted octanol–water partition coefficient (Wildman–Crippen LogP) is 2.73. The van der Waals surface area contributed by atoms with E-state index in [1.807, 2.05) is 12.1 Å². The number of unbranched alkanes of at least 4 members (excludes halogenated alkanes) is 3. The third kappa shape index (κ3) is 6.97. The number of hydrogen-bond acceptors (Lipinski definition) is 3. The van der Waals surface area contributed by atoms with Crippen LogP contribution in [0.15, 0.2) is 23.3 Å². The van der Waals surface area contributed by atoms with E-state index in [9.17, 15) is 0 Å². The van der Waals surface area contributed by atoms with Crippen molar-refractivity contribution in [1.82, 2.24) is 15.6 Å². The molecule has 0 aliphatic carbocycles. The smallest absolute Gasteiger partial charge is 0.218 e.